The number of carbonyl (C=O) groups is 3. The van der Waals surface area contributed by atoms with Gasteiger partial charge < -0.3 is 20.4 Å². The first-order chi connectivity index (χ1) is 16.7. The fourth-order valence-electron chi connectivity index (χ4n) is 2.89. The molecule has 0 aliphatic heterocycles. The van der Waals surface area contributed by atoms with Crippen molar-refractivity contribution in [2.45, 2.75) is 119 Å². The Labute approximate surface area is 236 Å². The van der Waals surface area contributed by atoms with Gasteiger partial charge in [0.15, 0.2) is 0 Å². The molecule has 0 rings (SSSR count). The molecule has 4 N–H and O–H groups in total. The van der Waals surface area contributed by atoms with Crippen LogP contribution in [-0.2, 0) is 36.1 Å². The van der Waals surface area contributed by atoms with Crippen molar-refractivity contribution in [2.24, 2.45) is 17.8 Å². The van der Waals surface area contributed by atoms with Gasteiger partial charge in [-0.25, -0.2) is 0 Å². The summed E-state index contributed by atoms with van der Waals surface area (Å²) in [6, 6.07) is 0. The number of hydrogen-bond acceptors (Lipinski definition) is 7. The van der Waals surface area contributed by atoms with E-state index in [-0.39, 0.29) is 76.6 Å². The van der Waals surface area contributed by atoms with Gasteiger partial charge in [-0.3, -0.25) is 14.4 Å². The van der Waals surface area contributed by atoms with Crippen molar-refractivity contribution in [3.63, 3.8) is 0 Å². The van der Waals surface area contributed by atoms with Crippen LogP contribution < -0.4 is 0 Å². The maximum atomic E-state index is 11.0. The molecule has 0 aliphatic rings. The normalized spacial score (nSPS) is 12.1. The van der Waals surface area contributed by atoms with E-state index in [0.29, 0.717) is 25.9 Å². The van der Waals surface area contributed by atoms with Crippen LogP contribution in [0.25, 0.3) is 0 Å². The van der Waals surface area contributed by atoms with Gasteiger partial charge in [-0.15, -0.1) is 0 Å². The van der Waals surface area contributed by atoms with E-state index in [9.17, 15) is 14.4 Å². The van der Waals surface area contributed by atoms with E-state index in [1.165, 1.54) is 0 Å². The number of unbranched alkanes of at least 4 members (excludes halogenated alkanes) is 1. The predicted molar refractivity (Wildman–Crippen MR) is 144 cm³/mol. The minimum atomic E-state index is -0.111. The predicted octanol–water partition coefficient (Wildman–Crippen LogP) is 4.90. The molecule has 0 aromatic carbocycles. The minimum absolute atomic E-state index is 0. The third kappa shape index (κ3) is 29.8. The van der Waals surface area contributed by atoms with Gasteiger partial charge in [-0.1, -0.05) is 54.9 Å². The SMILES string of the molecule is CCCC(=O)C(CC)CO.CCCC(=O)C(CC)CO.CCCC(=O)C(CC)CO.CCCCO.[Ti]. The molecule has 0 amide bonds. The van der Waals surface area contributed by atoms with E-state index in [1.807, 2.05) is 41.5 Å². The molecule has 216 valence electrons. The Morgan fingerprint density at radius 3 is 0.833 bits per heavy atom. The Morgan fingerprint density at radius 1 is 0.500 bits per heavy atom. The van der Waals surface area contributed by atoms with Crippen LogP contribution in [0.4, 0.5) is 0 Å². The molecule has 0 spiro atoms. The molecule has 0 aliphatic carbocycles. The molecule has 0 heterocycles. The van der Waals surface area contributed by atoms with Gasteiger partial charge in [0.1, 0.15) is 17.3 Å². The second-order valence-corrected chi connectivity index (χ2v) is 8.59. The van der Waals surface area contributed by atoms with Gasteiger partial charge in [0, 0.05) is 65.3 Å². The summed E-state index contributed by atoms with van der Waals surface area (Å²) in [6.45, 7) is 14.1. The Hall–Kier alpha value is -0.436. The zero-order valence-electron chi connectivity index (χ0n) is 24.4. The zero-order valence-corrected chi connectivity index (χ0v) is 25.9. The number of aliphatic hydroxyl groups is 4. The standard InChI is InChI=1S/3C8H16O2.C4H10O.Ti/c3*1-3-5-8(10)7(4-2)6-9;1-2-3-4-5;/h3*7,9H,3-6H2,1-2H3;5H,2-4H2,1H3;. The summed E-state index contributed by atoms with van der Waals surface area (Å²) in [7, 11) is 0. The van der Waals surface area contributed by atoms with Crippen LogP contribution in [0.1, 0.15) is 119 Å². The van der Waals surface area contributed by atoms with Crippen LogP contribution in [-0.4, -0.2) is 64.2 Å². The van der Waals surface area contributed by atoms with Gasteiger partial charge in [0.05, 0.1) is 19.8 Å². The molecule has 3 unspecified atom stereocenters. The first-order valence-corrected chi connectivity index (χ1v) is 13.7. The largest absolute Gasteiger partial charge is 0.396 e. The fraction of sp³-hybridized carbons (Fsp3) is 0.893. The second-order valence-electron chi connectivity index (χ2n) is 8.59. The molecule has 8 heteroatoms. The molecule has 0 aromatic rings. The molecule has 0 aromatic heterocycles. The van der Waals surface area contributed by atoms with Crippen molar-refractivity contribution in [2.75, 3.05) is 26.4 Å². The van der Waals surface area contributed by atoms with Crippen LogP contribution in [0.3, 0.4) is 0 Å². The Kier molecular flexibility index (Phi) is 46.4. The Morgan fingerprint density at radius 2 is 0.750 bits per heavy atom. The summed E-state index contributed by atoms with van der Waals surface area (Å²) in [5.74, 6) is 0.271. The maximum absolute atomic E-state index is 11.0. The number of ketones is 3. The van der Waals surface area contributed by atoms with Gasteiger partial charge in [-0.05, 0) is 44.9 Å². The summed E-state index contributed by atoms with van der Waals surface area (Å²) < 4.78 is 0. The maximum Gasteiger partial charge on any atom is 0.138 e. The van der Waals surface area contributed by atoms with Crippen molar-refractivity contribution in [1.29, 1.82) is 0 Å². The summed E-state index contributed by atoms with van der Waals surface area (Å²) in [6.07, 6.45) is 8.80. The quantitative estimate of drug-likeness (QED) is 0.188. The van der Waals surface area contributed by atoms with E-state index in [4.69, 9.17) is 20.4 Å². The van der Waals surface area contributed by atoms with Gasteiger partial charge in [-0.2, -0.15) is 0 Å². The summed E-state index contributed by atoms with van der Waals surface area (Å²) in [4.78, 5) is 33.1. The third-order valence-corrected chi connectivity index (χ3v) is 5.51. The molecule has 7 nitrogen and oxygen atoms in total. The molecular weight excluding hydrogens is 496 g/mol. The molecule has 0 saturated carbocycles. The third-order valence-electron chi connectivity index (χ3n) is 5.51. The van der Waals surface area contributed by atoms with E-state index < -0.39 is 0 Å². The van der Waals surface area contributed by atoms with Crippen molar-refractivity contribution < 1.29 is 56.5 Å². The Bertz CT molecular complexity index is 397. The topological polar surface area (TPSA) is 132 Å². The number of aliphatic hydroxyl groups excluding tert-OH is 4. The van der Waals surface area contributed by atoms with Crippen molar-refractivity contribution in [1.82, 2.24) is 0 Å². The number of carbonyl (C=O) groups excluding carboxylic acids is 3. The molecule has 0 fully saturated rings. The summed E-state index contributed by atoms with van der Waals surface area (Å²) in [5, 5.41) is 34.2. The molecule has 36 heavy (non-hydrogen) atoms. The summed E-state index contributed by atoms with van der Waals surface area (Å²) in [5.41, 5.74) is 0. The van der Waals surface area contributed by atoms with Crippen LogP contribution in [0.2, 0.25) is 0 Å². The van der Waals surface area contributed by atoms with Gasteiger partial charge in [0.25, 0.3) is 0 Å². The molecule has 0 saturated heterocycles. The molecule has 0 bridgehead atoms. The average molecular weight is 555 g/mol. The van der Waals surface area contributed by atoms with Gasteiger partial charge in [0.2, 0.25) is 0 Å². The first-order valence-electron chi connectivity index (χ1n) is 13.7. The molecular formula is C28H58O7Ti. The van der Waals surface area contributed by atoms with Crippen LogP contribution in [0, 0.1) is 17.8 Å². The van der Waals surface area contributed by atoms with E-state index in [0.717, 1.165) is 51.4 Å². The smallest absolute Gasteiger partial charge is 0.138 e. The first kappa shape index (κ1) is 45.5. The molecule has 0 radical (unpaired) electrons. The number of Topliss-reactive ketones (excluding diaryl/α,β-unsaturated/α-hetero) is 3. The average Bonchev–Trinajstić information content (AvgIpc) is 2.84. The van der Waals surface area contributed by atoms with Crippen molar-refractivity contribution in [3.8, 4) is 0 Å². The zero-order chi connectivity index (χ0) is 28.1. The summed E-state index contributed by atoms with van der Waals surface area (Å²) >= 11 is 0. The number of rotatable bonds is 17. The van der Waals surface area contributed by atoms with Crippen molar-refractivity contribution >= 4 is 17.3 Å². The van der Waals surface area contributed by atoms with Crippen LogP contribution >= 0.6 is 0 Å². The Balaban J connectivity index is -0.000000121. The number of hydrogen-bond donors (Lipinski definition) is 4. The second kappa shape index (κ2) is 36.7. The van der Waals surface area contributed by atoms with E-state index >= 15 is 0 Å². The van der Waals surface area contributed by atoms with Crippen LogP contribution in [0.5, 0.6) is 0 Å². The van der Waals surface area contributed by atoms with E-state index in [2.05, 4.69) is 6.92 Å². The van der Waals surface area contributed by atoms with Crippen molar-refractivity contribution in [3.05, 3.63) is 0 Å². The monoisotopic (exact) mass is 554 g/mol. The van der Waals surface area contributed by atoms with E-state index in [1.54, 1.807) is 0 Å². The fourth-order valence-corrected chi connectivity index (χ4v) is 2.89. The molecule has 3 atom stereocenters. The van der Waals surface area contributed by atoms with Crippen LogP contribution in [0.15, 0.2) is 0 Å². The van der Waals surface area contributed by atoms with Gasteiger partial charge >= 0.3 is 0 Å². The minimum Gasteiger partial charge on any atom is -0.396 e.